The Morgan fingerprint density at radius 3 is 2.47 bits per heavy atom. The van der Waals surface area contributed by atoms with Gasteiger partial charge in [0, 0.05) is 6.04 Å². The fraction of sp³-hybridized carbons (Fsp3) is 0.571. The average molecular weight is 283 g/mol. The van der Waals surface area contributed by atoms with Crippen LogP contribution in [0.5, 0.6) is 0 Å². The van der Waals surface area contributed by atoms with E-state index >= 15 is 0 Å². The molecule has 1 fully saturated rings. The highest BCUT2D eigenvalue weighted by molar-refractivity contribution is 6.33. The Labute approximate surface area is 118 Å². The van der Waals surface area contributed by atoms with Crippen molar-refractivity contribution in [3.63, 3.8) is 0 Å². The molecule has 0 radical (unpaired) electrons. The lowest BCUT2D eigenvalue weighted by Crippen LogP contribution is -2.21. The summed E-state index contributed by atoms with van der Waals surface area (Å²) in [6.07, 6.45) is 8.57. The van der Waals surface area contributed by atoms with E-state index in [2.05, 4.69) is 10.3 Å². The van der Waals surface area contributed by atoms with E-state index in [1.807, 2.05) is 0 Å². The molecule has 1 aliphatic rings. The summed E-state index contributed by atoms with van der Waals surface area (Å²) in [6.45, 7) is 0. The summed E-state index contributed by atoms with van der Waals surface area (Å²) < 4.78 is 0. The zero-order valence-corrected chi connectivity index (χ0v) is 11.6. The van der Waals surface area contributed by atoms with Crippen LogP contribution in [0.4, 0.5) is 5.82 Å². The van der Waals surface area contributed by atoms with Crippen LogP contribution in [0.25, 0.3) is 0 Å². The number of nitrogens with one attached hydrogen (secondary N) is 1. The highest BCUT2D eigenvalue weighted by atomic mass is 35.5. The molecule has 104 valence electrons. The van der Waals surface area contributed by atoms with Crippen molar-refractivity contribution in [1.29, 1.82) is 0 Å². The summed E-state index contributed by atoms with van der Waals surface area (Å²) in [6, 6.07) is 3.71. The summed E-state index contributed by atoms with van der Waals surface area (Å²) in [7, 11) is 0. The van der Waals surface area contributed by atoms with Crippen LogP contribution in [0.2, 0.25) is 5.02 Å². The maximum Gasteiger partial charge on any atom is 0.356 e. The maximum absolute atomic E-state index is 11.0. The first-order chi connectivity index (χ1) is 9.16. The standard InChI is InChI=1S/C14H19ClN2O2/c15-11-8-9-12(17-13(11)14(18)19)16-10-6-4-2-1-3-5-7-10/h8-10H,1-7H2,(H,16,17)(H,18,19). The minimum Gasteiger partial charge on any atom is -0.476 e. The van der Waals surface area contributed by atoms with Crippen LogP contribution < -0.4 is 5.32 Å². The van der Waals surface area contributed by atoms with Crippen molar-refractivity contribution in [3.05, 3.63) is 22.8 Å². The smallest absolute Gasteiger partial charge is 0.356 e. The Hall–Kier alpha value is -1.29. The second-order valence-corrected chi connectivity index (χ2v) is 5.43. The molecule has 1 saturated carbocycles. The molecule has 2 N–H and O–H groups in total. The van der Waals surface area contributed by atoms with Gasteiger partial charge in [-0.05, 0) is 25.0 Å². The van der Waals surface area contributed by atoms with E-state index in [0.29, 0.717) is 11.9 Å². The summed E-state index contributed by atoms with van der Waals surface area (Å²) in [5.41, 5.74) is -0.0856. The molecule has 0 unspecified atom stereocenters. The molecule has 1 aromatic heterocycles. The summed E-state index contributed by atoms with van der Waals surface area (Å²) in [4.78, 5) is 15.1. The Morgan fingerprint density at radius 1 is 1.21 bits per heavy atom. The third-order valence-electron chi connectivity index (χ3n) is 3.51. The predicted molar refractivity (Wildman–Crippen MR) is 75.9 cm³/mol. The van der Waals surface area contributed by atoms with Gasteiger partial charge in [-0.25, -0.2) is 9.78 Å². The van der Waals surface area contributed by atoms with E-state index in [9.17, 15) is 4.79 Å². The van der Waals surface area contributed by atoms with Crippen molar-refractivity contribution in [2.75, 3.05) is 5.32 Å². The Balaban J connectivity index is 2.05. The third-order valence-corrected chi connectivity index (χ3v) is 3.81. The van der Waals surface area contributed by atoms with Crippen molar-refractivity contribution in [3.8, 4) is 0 Å². The van der Waals surface area contributed by atoms with Gasteiger partial charge in [0.1, 0.15) is 5.82 Å². The molecule has 0 aromatic carbocycles. The predicted octanol–water partition coefficient (Wildman–Crippen LogP) is 3.96. The largest absolute Gasteiger partial charge is 0.476 e. The molecular formula is C14H19ClN2O2. The average Bonchev–Trinajstić information content (AvgIpc) is 2.34. The Bertz CT molecular complexity index is 443. The topological polar surface area (TPSA) is 62.2 Å². The van der Waals surface area contributed by atoms with Crippen molar-refractivity contribution >= 4 is 23.4 Å². The van der Waals surface area contributed by atoms with Crippen molar-refractivity contribution in [2.45, 2.75) is 51.0 Å². The molecule has 0 bridgehead atoms. The van der Waals surface area contributed by atoms with Crippen LogP contribution in [-0.2, 0) is 0 Å². The van der Waals surface area contributed by atoms with Crippen LogP contribution in [0, 0.1) is 0 Å². The van der Waals surface area contributed by atoms with E-state index in [1.165, 1.54) is 32.1 Å². The number of anilines is 1. The molecule has 1 heterocycles. The van der Waals surface area contributed by atoms with Gasteiger partial charge >= 0.3 is 5.97 Å². The van der Waals surface area contributed by atoms with Gasteiger partial charge in [-0.2, -0.15) is 0 Å². The molecular weight excluding hydrogens is 264 g/mol. The Morgan fingerprint density at radius 2 is 1.84 bits per heavy atom. The number of carboxylic acids is 1. The lowest BCUT2D eigenvalue weighted by molar-refractivity contribution is 0.0691. The molecule has 1 aliphatic carbocycles. The molecule has 0 aliphatic heterocycles. The first-order valence-corrected chi connectivity index (χ1v) is 7.21. The SMILES string of the molecule is O=C(O)c1nc(NC2CCCCCCC2)ccc1Cl. The van der Waals surface area contributed by atoms with Gasteiger partial charge in [0.15, 0.2) is 5.69 Å². The number of rotatable bonds is 3. The van der Waals surface area contributed by atoms with Crippen molar-refractivity contribution < 1.29 is 9.90 Å². The molecule has 2 rings (SSSR count). The summed E-state index contributed by atoms with van der Waals surface area (Å²) in [5.74, 6) is -0.487. The van der Waals surface area contributed by atoms with Crippen molar-refractivity contribution in [1.82, 2.24) is 4.98 Å². The van der Waals surface area contributed by atoms with Gasteiger partial charge in [-0.15, -0.1) is 0 Å². The lowest BCUT2D eigenvalue weighted by atomic mass is 9.97. The number of carboxylic acid groups (broad SMARTS) is 1. The molecule has 4 nitrogen and oxygen atoms in total. The highest BCUT2D eigenvalue weighted by Crippen LogP contribution is 2.22. The third kappa shape index (κ3) is 4.10. The van der Waals surface area contributed by atoms with Crippen LogP contribution in [0.3, 0.4) is 0 Å². The summed E-state index contributed by atoms with van der Waals surface area (Å²) in [5, 5.41) is 12.5. The molecule has 0 saturated heterocycles. The van der Waals surface area contributed by atoms with E-state index in [1.54, 1.807) is 12.1 Å². The number of halogens is 1. The second-order valence-electron chi connectivity index (χ2n) is 5.02. The fourth-order valence-corrected chi connectivity index (χ4v) is 2.67. The van der Waals surface area contributed by atoms with Gasteiger partial charge < -0.3 is 10.4 Å². The monoisotopic (exact) mass is 282 g/mol. The van der Waals surface area contributed by atoms with Gasteiger partial charge in [-0.1, -0.05) is 43.7 Å². The van der Waals surface area contributed by atoms with Crippen LogP contribution >= 0.6 is 11.6 Å². The van der Waals surface area contributed by atoms with Gasteiger partial charge in [0.05, 0.1) is 5.02 Å². The molecule has 5 heteroatoms. The quantitative estimate of drug-likeness (QED) is 0.881. The van der Waals surface area contributed by atoms with Crippen molar-refractivity contribution in [2.24, 2.45) is 0 Å². The van der Waals surface area contributed by atoms with Crippen LogP contribution in [0.15, 0.2) is 12.1 Å². The molecule has 19 heavy (non-hydrogen) atoms. The molecule has 0 spiro atoms. The van der Waals surface area contributed by atoms with E-state index in [4.69, 9.17) is 16.7 Å². The second kappa shape index (κ2) is 6.75. The number of nitrogens with zero attached hydrogens (tertiary/aromatic N) is 1. The van der Waals surface area contributed by atoms with Gasteiger partial charge in [0.2, 0.25) is 0 Å². The Kier molecular flexibility index (Phi) is 5.02. The first-order valence-electron chi connectivity index (χ1n) is 6.83. The van der Waals surface area contributed by atoms with Gasteiger partial charge in [-0.3, -0.25) is 0 Å². The zero-order chi connectivity index (χ0) is 13.7. The first kappa shape index (κ1) is 14.1. The summed E-state index contributed by atoms with van der Waals surface area (Å²) >= 11 is 5.81. The maximum atomic E-state index is 11.0. The molecule has 0 amide bonds. The number of pyridine rings is 1. The number of aromatic carboxylic acids is 1. The molecule has 1 aromatic rings. The minimum absolute atomic E-state index is 0.0856. The van der Waals surface area contributed by atoms with Gasteiger partial charge in [0.25, 0.3) is 0 Å². The van der Waals surface area contributed by atoms with E-state index in [-0.39, 0.29) is 10.7 Å². The number of carbonyl (C=O) groups is 1. The number of aromatic nitrogens is 1. The van der Waals surface area contributed by atoms with E-state index in [0.717, 1.165) is 12.8 Å². The number of hydrogen-bond acceptors (Lipinski definition) is 3. The molecule has 0 atom stereocenters. The highest BCUT2D eigenvalue weighted by Gasteiger charge is 2.15. The van der Waals surface area contributed by atoms with Crippen LogP contribution in [0.1, 0.15) is 55.4 Å². The fourth-order valence-electron chi connectivity index (χ4n) is 2.48. The lowest BCUT2D eigenvalue weighted by Gasteiger charge is -2.21. The minimum atomic E-state index is -1.09. The number of hydrogen-bond donors (Lipinski definition) is 2. The normalized spacial score (nSPS) is 17.5. The van der Waals surface area contributed by atoms with E-state index < -0.39 is 5.97 Å². The van der Waals surface area contributed by atoms with Crippen LogP contribution in [-0.4, -0.2) is 22.1 Å². The zero-order valence-electron chi connectivity index (χ0n) is 10.9.